The molecule has 5 fully saturated rings. The maximum absolute atomic E-state index is 15.1. The van der Waals surface area contributed by atoms with E-state index in [-0.39, 0.29) is 37.6 Å². The number of piperidine rings is 1. The molecule has 5 aliphatic rings. The lowest BCUT2D eigenvalue weighted by Crippen LogP contribution is -2.57. The van der Waals surface area contributed by atoms with Crippen molar-refractivity contribution in [2.45, 2.75) is 108 Å². The zero-order valence-electron chi connectivity index (χ0n) is 35.7. The molecule has 2 unspecified atom stereocenters. The molecule has 3 saturated carbocycles. The zero-order valence-corrected chi connectivity index (χ0v) is 36.5. The molecular weight excluding hydrogens is 795 g/mol. The summed E-state index contributed by atoms with van der Waals surface area (Å²) in [5, 5.41) is 2.97. The molecule has 2 N–H and O–H groups in total. The number of nitrogens with zero attached hydrogens (tertiary/aromatic N) is 3. The van der Waals surface area contributed by atoms with E-state index in [0.29, 0.717) is 65.9 Å². The van der Waals surface area contributed by atoms with Crippen molar-refractivity contribution in [2.24, 2.45) is 29.1 Å². The van der Waals surface area contributed by atoms with E-state index >= 15 is 4.79 Å². The summed E-state index contributed by atoms with van der Waals surface area (Å²) >= 11 is 0. The highest BCUT2D eigenvalue weighted by atomic mass is 32.2. The second kappa shape index (κ2) is 16.7. The maximum atomic E-state index is 15.1. The summed E-state index contributed by atoms with van der Waals surface area (Å²) in [5.41, 5.74) is -0.0132. The molecule has 326 valence electrons. The first-order valence-corrected chi connectivity index (χ1v) is 23.4. The molecule has 2 aromatic carbocycles. The van der Waals surface area contributed by atoms with Crippen LogP contribution in [0.2, 0.25) is 0 Å². The van der Waals surface area contributed by atoms with Crippen LogP contribution in [0.15, 0.2) is 67.3 Å². The number of aromatic nitrogens is 1. The molecule has 14 heteroatoms. The fourth-order valence-electron chi connectivity index (χ4n) is 9.83. The average molecular weight is 854 g/mol. The third kappa shape index (κ3) is 8.87. The van der Waals surface area contributed by atoms with Crippen LogP contribution in [0.4, 0.5) is 0 Å². The first-order valence-electron chi connectivity index (χ1n) is 21.9. The smallest absolute Gasteiger partial charge is 0.259 e. The van der Waals surface area contributed by atoms with Gasteiger partial charge in [-0.25, -0.2) is 13.4 Å². The molecule has 2 aliphatic heterocycles. The van der Waals surface area contributed by atoms with E-state index in [1.165, 1.54) is 30.2 Å². The Bertz CT molecular complexity index is 2310. The number of nitrogens with one attached hydrogen (secondary N) is 2. The number of hydrogen-bond donors (Lipinski definition) is 2. The maximum Gasteiger partial charge on any atom is 0.259 e. The second-order valence-electron chi connectivity index (χ2n) is 19.0. The highest BCUT2D eigenvalue weighted by Crippen LogP contribution is 2.46. The fourth-order valence-corrected chi connectivity index (χ4v) is 11.2. The van der Waals surface area contributed by atoms with Crippen molar-refractivity contribution < 1.29 is 37.1 Å². The Kier molecular flexibility index (Phi) is 11.7. The molecule has 3 heterocycles. The fraction of sp³-hybridized carbons (Fsp3) is 0.553. The minimum atomic E-state index is -3.90. The largest absolute Gasteiger partial charge is 0.497 e. The molecule has 13 nitrogen and oxygen atoms in total. The monoisotopic (exact) mass is 853 g/mol. The predicted octanol–water partition coefficient (Wildman–Crippen LogP) is 6.02. The second-order valence-corrected chi connectivity index (χ2v) is 20.9. The zero-order chi connectivity index (χ0) is 43.3. The third-order valence-corrected chi connectivity index (χ3v) is 15.6. The number of hydrogen-bond acceptors (Lipinski definition) is 9. The summed E-state index contributed by atoms with van der Waals surface area (Å²) < 4.78 is 40.3. The summed E-state index contributed by atoms with van der Waals surface area (Å²) in [5.74, 6) is -0.828. The lowest BCUT2D eigenvalue weighted by atomic mass is 9.74. The van der Waals surface area contributed by atoms with Crippen LogP contribution in [0.25, 0.3) is 22.2 Å². The number of methoxy groups -OCH3 is 1. The first kappa shape index (κ1) is 42.7. The number of carbonyl (C=O) groups excluding carboxylic acids is 4. The van der Waals surface area contributed by atoms with Gasteiger partial charge in [0.2, 0.25) is 27.7 Å². The SMILES string of the molecule is C=C[C@@H]1C[C@]1(NC(=O)[C@@H]1C[C@@H](Oc2cc(-c3ccccc3)nc3cc(OC)ccc23)CN1C(=O)[C@@H](CC(=O)N1CCC2CCCCC2C1)C(C)(C)C)C(=O)NS(=O)(=O)C1CC1. The number of ether oxygens (including phenoxy) is 2. The number of rotatable bonds is 13. The van der Waals surface area contributed by atoms with Gasteiger partial charge in [0, 0.05) is 54.9 Å². The van der Waals surface area contributed by atoms with Gasteiger partial charge in [0.15, 0.2) is 0 Å². The summed E-state index contributed by atoms with van der Waals surface area (Å²) in [6.45, 7) is 11.1. The minimum Gasteiger partial charge on any atom is -0.497 e. The van der Waals surface area contributed by atoms with Gasteiger partial charge < -0.3 is 24.6 Å². The number of carbonyl (C=O) groups is 4. The molecule has 1 aromatic heterocycles. The van der Waals surface area contributed by atoms with Crippen LogP contribution < -0.4 is 19.5 Å². The Labute approximate surface area is 359 Å². The Morgan fingerprint density at radius 3 is 2.39 bits per heavy atom. The van der Waals surface area contributed by atoms with Gasteiger partial charge in [0.25, 0.3) is 5.91 Å². The molecule has 61 heavy (non-hydrogen) atoms. The predicted molar refractivity (Wildman–Crippen MR) is 232 cm³/mol. The van der Waals surface area contributed by atoms with Crippen molar-refractivity contribution in [3.8, 4) is 22.8 Å². The molecule has 7 atom stereocenters. The van der Waals surface area contributed by atoms with Crippen molar-refractivity contribution in [1.82, 2.24) is 24.8 Å². The van der Waals surface area contributed by atoms with Crippen LogP contribution in [0.3, 0.4) is 0 Å². The van der Waals surface area contributed by atoms with E-state index in [9.17, 15) is 22.8 Å². The molecule has 4 amide bonds. The van der Waals surface area contributed by atoms with Crippen LogP contribution >= 0.6 is 0 Å². The van der Waals surface area contributed by atoms with Crippen molar-refractivity contribution in [2.75, 3.05) is 26.7 Å². The number of fused-ring (bicyclic) bond motifs is 2. The van der Waals surface area contributed by atoms with Gasteiger partial charge in [-0.2, -0.15) is 0 Å². The van der Waals surface area contributed by atoms with Gasteiger partial charge in [-0.3, -0.25) is 23.9 Å². The molecule has 0 radical (unpaired) electrons. The van der Waals surface area contributed by atoms with Crippen LogP contribution in [0, 0.1) is 29.1 Å². The molecule has 0 spiro atoms. The van der Waals surface area contributed by atoms with Crippen LogP contribution in [0.1, 0.15) is 85.0 Å². The van der Waals surface area contributed by atoms with E-state index in [4.69, 9.17) is 14.5 Å². The number of likely N-dealkylation sites (tertiary alicyclic amines) is 2. The van der Waals surface area contributed by atoms with Gasteiger partial charge >= 0.3 is 0 Å². The molecule has 2 saturated heterocycles. The topological polar surface area (TPSA) is 164 Å². The van der Waals surface area contributed by atoms with Crippen molar-refractivity contribution >= 4 is 44.6 Å². The van der Waals surface area contributed by atoms with Gasteiger partial charge in [-0.05, 0) is 61.5 Å². The minimum absolute atomic E-state index is 0.00273. The Morgan fingerprint density at radius 2 is 1.72 bits per heavy atom. The van der Waals surface area contributed by atoms with E-state index < -0.39 is 62.0 Å². The lowest BCUT2D eigenvalue weighted by molar-refractivity contribution is -0.149. The Balaban J connectivity index is 1.10. The first-order chi connectivity index (χ1) is 29.1. The van der Waals surface area contributed by atoms with Gasteiger partial charge in [0.1, 0.15) is 29.2 Å². The highest BCUT2D eigenvalue weighted by Gasteiger charge is 2.62. The Hall–Kier alpha value is -4.98. The molecule has 3 aromatic rings. The van der Waals surface area contributed by atoms with Crippen LogP contribution in [-0.4, -0.2) is 96.5 Å². The van der Waals surface area contributed by atoms with Crippen molar-refractivity contribution in [3.05, 3.63) is 67.3 Å². The van der Waals surface area contributed by atoms with Gasteiger partial charge in [0.05, 0.1) is 36.0 Å². The molecule has 8 rings (SSSR count). The van der Waals surface area contributed by atoms with E-state index in [1.54, 1.807) is 7.11 Å². The van der Waals surface area contributed by atoms with Crippen LogP contribution in [0.5, 0.6) is 11.5 Å². The summed E-state index contributed by atoms with van der Waals surface area (Å²) in [4.78, 5) is 66.0. The number of sulfonamides is 1. The molecule has 0 bridgehead atoms. The summed E-state index contributed by atoms with van der Waals surface area (Å²) in [6.07, 6.45) is 7.77. The van der Waals surface area contributed by atoms with E-state index in [1.807, 2.05) is 80.3 Å². The molecule has 3 aliphatic carbocycles. The van der Waals surface area contributed by atoms with Crippen LogP contribution in [-0.2, 0) is 29.2 Å². The summed E-state index contributed by atoms with van der Waals surface area (Å²) in [7, 11) is -2.32. The van der Waals surface area contributed by atoms with Gasteiger partial charge in [-0.1, -0.05) is 76.4 Å². The lowest BCUT2D eigenvalue weighted by Gasteiger charge is -2.42. The third-order valence-electron chi connectivity index (χ3n) is 13.8. The summed E-state index contributed by atoms with van der Waals surface area (Å²) in [6, 6.07) is 16.0. The van der Waals surface area contributed by atoms with Gasteiger partial charge in [-0.15, -0.1) is 6.58 Å². The van der Waals surface area contributed by atoms with Crippen molar-refractivity contribution in [1.29, 1.82) is 0 Å². The standard InChI is InChI=1S/C47H59N5O8S/c1-6-32-26-47(32,45(56)50-61(57,58)35-17-18-35)49-43(54)40-23-34(60-41-25-38(30-13-8-7-9-14-30)48-39-22-33(59-5)16-19-36(39)41)28-52(40)44(55)37(46(2,3)4)24-42(53)51-21-20-29-12-10-11-15-31(29)27-51/h6-9,13-14,16,19,22,25,29,31-32,34-35,37,40H,1,10-12,15,17-18,20-21,23-24,26-28H2,2-5H3,(H,49,54)(H,50,56)/t29?,31?,32-,34-,37-,40+,47-/m1/s1. The number of amides is 4. The Morgan fingerprint density at radius 1 is 0.984 bits per heavy atom. The van der Waals surface area contributed by atoms with E-state index in [2.05, 4.69) is 16.6 Å². The van der Waals surface area contributed by atoms with Crippen molar-refractivity contribution in [3.63, 3.8) is 0 Å². The molecular formula is C47H59N5O8S. The highest BCUT2D eigenvalue weighted by molar-refractivity contribution is 7.91. The number of pyridine rings is 1. The normalized spacial score (nSPS) is 26.8. The number of benzene rings is 2. The van der Waals surface area contributed by atoms with E-state index in [0.717, 1.165) is 18.4 Å². The quantitative estimate of drug-likeness (QED) is 0.196. The average Bonchev–Trinajstić information content (AvgIpc) is 4.18.